The number of hydrogen-bond donors (Lipinski definition) is 2. The Labute approximate surface area is 95.3 Å². The van der Waals surface area contributed by atoms with E-state index < -0.39 is 0 Å². The smallest absolute Gasteiger partial charge is 0.155 e. The number of nitrogens with two attached hydrogens (primary N) is 1. The van der Waals surface area contributed by atoms with Crippen LogP contribution in [0.15, 0.2) is 12.5 Å². The van der Waals surface area contributed by atoms with Gasteiger partial charge in [-0.25, -0.2) is 9.97 Å². The van der Waals surface area contributed by atoms with E-state index in [1.807, 2.05) is 0 Å². The summed E-state index contributed by atoms with van der Waals surface area (Å²) in [5, 5.41) is 8.96. The van der Waals surface area contributed by atoms with Gasteiger partial charge in [-0.2, -0.15) is 0 Å². The number of aliphatic hydroxyl groups is 1. The van der Waals surface area contributed by atoms with Crippen LogP contribution in [0.4, 0.5) is 11.5 Å². The summed E-state index contributed by atoms with van der Waals surface area (Å²) in [5.41, 5.74) is 6.49. The highest BCUT2D eigenvalue weighted by atomic mass is 16.3. The molecule has 2 heterocycles. The summed E-state index contributed by atoms with van der Waals surface area (Å²) in [4.78, 5) is 10.3. The van der Waals surface area contributed by atoms with Crippen molar-refractivity contribution in [3.05, 3.63) is 12.5 Å². The molecule has 1 aromatic heterocycles. The van der Waals surface area contributed by atoms with E-state index >= 15 is 0 Å². The van der Waals surface area contributed by atoms with Crippen LogP contribution in [0.5, 0.6) is 0 Å². The van der Waals surface area contributed by atoms with E-state index in [4.69, 9.17) is 10.8 Å². The van der Waals surface area contributed by atoms with Crippen LogP contribution in [-0.4, -0.2) is 34.8 Å². The van der Waals surface area contributed by atoms with Crippen LogP contribution in [0.25, 0.3) is 0 Å². The molecule has 0 radical (unpaired) electrons. The Bertz CT molecular complexity index is 343. The second-order valence-corrected chi connectivity index (χ2v) is 4.27. The third-order valence-corrected chi connectivity index (χ3v) is 3.07. The molecular weight excluding hydrogens is 204 g/mol. The second kappa shape index (κ2) is 5.12. The van der Waals surface area contributed by atoms with Crippen molar-refractivity contribution in [3.63, 3.8) is 0 Å². The fourth-order valence-electron chi connectivity index (χ4n) is 2.27. The van der Waals surface area contributed by atoms with Crippen LogP contribution >= 0.6 is 0 Å². The summed E-state index contributed by atoms with van der Waals surface area (Å²) in [5.74, 6) is 1.38. The molecule has 0 spiro atoms. The van der Waals surface area contributed by atoms with E-state index in [9.17, 15) is 0 Å². The van der Waals surface area contributed by atoms with Crippen LogP contribution in [0.2, 0.25) is 0 Å². The fraction of sp³-hybridized carbons (Fsp3) is 0.636. The molecule has 1 fully saturated rings. The largest absolute Gasteiger partial charge is 0.396 e. The van der Waals surface area contributed by atoms with Gasteiger partial charge in [-0.3, -0.25) is 0 Å². The number of anilines is 2. The SMILES string of the molecule is Nc1cncnc1N1CCCC(CCO)C1. The first kappa shape index (κ1) is 11.1. The maximum atomic E-state index is 8.96. The Balaban J connectivity index is 2.07. The van der Waals surface area contributed by atoms with Crippen molar-refractivity contribution >= 4 is 11.5 Å². The van der Waals surface area contributed by atoms with E-state index in [-0.39, 0.29) is 6.61 Å². The van der Waals surface area contributed by atoms with Crippen LogP contribution in [0.3, 0.4) is 0 Å². The Hall–Kier alpha value is -1.36. The van der Waals surface area contributed by atoms with Gasteiger partial charge in [0.15, 0.2) is 5.82 Å². The first-order valence-electron chi connectivity index (χ1n) is 5.72. The molecule has 0 amide bonds. The molecule has 3 N–H and O–H groups in total. The molecule has 0 bridgehead atoms. The van der Waals surface area contributed by atoms with Crippen LogP contribution < -0.4 is 10.6 Å². The highest BCUT2D eigenvalue weighted by Crippen LogP contribution is 2.26. The van der Waals surface area contributed by atoms with E-state index in [1.54, 1.807) is 6.20 Å². The molecule has 5 nitrogen and oxygen atoms in total. The summed E-state index contributed by atoms with van der Waals surface area (Å²) in [6.45, 7) is 2.18. The van der Waals surface area contributed by atoms with Crippen molar-refractivity contribution in [1.29, 1.82) is 0 Å². The molecule has 88 valence electrons. The molecular formula is C11H18N4O. The Morgan fingerprint density at radius 3 is 3.19 bits per heavy atom. The molecule has 0 aliphatic carbocycles. The third-order valence-electron chi connectivity index (χ3n) is 3.07. The quantitative estimate of drug-likeness (QED) is 0.785. The lowest BCUT2D eigenvalue weighted by molar-refractivity contribution is 0.244. The van der Waals surface area contributed by atoms with Crippen molar-refractivity contribution in [2.24, 2.45) is 5.92 Å². The molecule has 1 aliphatic heterocycles. The minimum Gasteiger partial charge on any atom is -0.396 e. The molecule has 1 atom stereocenters. The summed E-state index contributed by atoms with van der Waals surface area (Å²) in [7, 11) is 0. The summed E-state index contributed by atoms with van der Waals surface area (Å²) >= 11 is 0. The van der Waals surface area contributed by atoms with Crippen molar-refractivity contribution in [2.45, 2.75) is 19.3 Å². The molecule has 1 unspecified atom stereocenters. The third kappa shape index (κ3) is 2.41. The monoisotopic (exact) mass is 222 g/mol. The van der Waals surface area contributed by atoms with Gasteiger partial charge in [0.1, 0.15) is 6.33 Å². The highest BCUT2D eigenvalue weighted by molar-refractivity contribution is 5.61. The van der Waals surface area contributed by atoms with Crippen LogP contribution in [0, 0.1) is 5.92 Å². The van der Waals surface area contributed by atoms with E-state index in [2.05, 4.69) is 14.9 Å². The first-order valence-corrected chi connectivity index (χ1v) is 5.72. The van der Waals surface area contributed by atoms with Gasteiger partial charge in [0.25, 0.3) is 0 Å². The normalized spacial score (nSPS) is 21.1. The molecule has 16 heavy (non-hydrogen) atoms. The second-order valence-electron chi connectivity index (χ2n) is 4.27. The maximum Gasteiger partial charge on any atom is 0.155 e. The Morgan fingerprint density at radius 1 is 1.56 bits per heavy atom. The Kier molecular flexibility index (Phi) is 3.56. The number of aliphatic hydroxyl groups excluding tert-OH is 1. The number of nitrogens with zero attached hydrogens (tertiary/aromatic N) is 3. The average molecular weight is 222 g/mol. The van der Waals surface area contributed by atoms with E-state index in [0.29, 0.717) is 11.6 Å². The zero-order valence-electron chi connectivity index (χ0n) is 9.34. The van der Waals surface area contributed by atoms with Gasteiger partial charge in [0.2, 0.25) is 0 Å². The standard InChI is InChI=1S/C11H18N4O/c12-10-6-13-8-14-11(10)15-4-1-2-9(7-15)3-5-16/h6,8-9,16H,1-5,7,12H2. The predicted octanol–water partition coefficient (Wildman–Crippen LogP) is 0.658. The average Bonchev–Trinajstić information content (AvgIpc) is 2.30. The van der Waals surface area contributed by atoms with Crippen molar-refractivity contribution < 1.29 is 5.11 Å². The van der Waals surface area contributed by atoms with Gasteiger partial charge < -0.3 is 15.7 Å². The minimum atomic E-state index is 0.262. The van der Waals surface area contributed by atoms with Crippen molar-refractivity contribution in [3.8, 4) is 0 Å². The lowest BCUT2D eigenvalue weighted by atomic mass is 9.95. The zero-order chi connectivity index (χ0) is 11.4. The molecule has 5 heteroatoms. The number of nitrogen functional groups attached to an aromatic ring is 1. The van der Waals surface area contributed by atoms with Gasteiger partial charge in [0.05, 0.1) is 11.9 Å². The topological polar surface area (TPSA) is 75.3 Å². The van der Waals surface area contributed by atoms with Crippen molar-refractivity contribution in [2.75, 3.05) is 30.3 Å². The first-order chi connectivity index (χ1) is 7.81. The van der Waals surface area contributed by atoms with Crippen molar-refractivity contribution in [1.82, 2.24) is 9.97 Å². The van der Waals surface area contributed by atoms with Crippen LogP contribution in [0.1, 0.15) is 19.3 Å². The molecule has 1 aliphatic rings. The summed E-state index contributed by atoms with van der Waals surface area (Å²) in [6.07, 6.45) is 6.34. The number of rotatable bonds is 3. The lowest BCUT2D eigenvalue weighted by Crippen LogP contribution is -2.36. The lowest BCUT2D eigenvalue weighted by Gasteiger charge is -2.33. The molecule has 0 aromatic carbocycles. The zero-order valence-corrected chi connectivity index (χ0v) is 9.34. The minimum absolute atomic E-state index is 0.262. The number of hydrogen-bond acceptors (Lipinski definition) is 5. The fourth-order valence-corrected chi connectivity index (χ4v) is 2.27. The highest BCUT2D eigenvalue weighted by Gasteiger charge is 2.21. The van der Waals surface area contributed by atoms with Gasteiger partial charge in [-0.15, -0.1) is 0 Å². The summed E-state index contributed by atoms with van der Waals surface area (Å²) < 4.78 is 0. The van der Waals surface area contributed by atoms with Gasteiger partial charge >= 0.3 is 0 Å². The van der Waals surface area contributed by atoms with E-state index in [0.717, 1.165) is 31.7 Å². The molecule has 2 rings (SSSR count). The van der Waals surface area contributed by atoms with Gasteiger partial charge in [-0.05, 0) is 25.2 Å². The van der Waals surface area contributed by atoms with E-state index in [1.165, 1.54) is 12.7 Å². The Morgan fingerprint density at radius 2 is 2.44 bits per heavy atom. The summed E-state index contributed by atoms with van der Waals surface area (Å²) in [6, 6.07) is 0. The van der Waals surface area contributed by atoms with Crippen LogP contribution in [-0.2, 0) is 0 Å². The molecule has 1 saturated heterocycles. The number of piperidine rings is 1. The predicted molar refractivity (Wildman–Crippen MR) is 63.1 cm³/mol. The van der Waals surface area contributed by atoms with Gasteiger partial charge in [0, 0.05) is 19.7 Å². The number of aromatic nitrogens is 2. The maximum absolute atomic E-state index is 8.96. The molecule has 0 saturated carbocycles. The van der Waals surface area contributed by atoms with Gasteiger partial charge in [-0.1, -0.05) is 0 Å². The molecule has 1 aromatic rings.